The van der Waals surface area contributed by atoms with E-state index in [1.807, 2.05) is 47.2 Å². The molecule has 1 aromatic heterocycles. The summed E-state index contributed by atoms with van der Waals surface area (Å²) < 4.78 is 2.02. The molecule has 0 aliphatic rings. The van der Waals surface area contributed by atoms with Crippen LogP contribution < -0.4 is 5.32 Å². The van der Waals surface area contributed by atoms with Crippen molar-refractivity contribution in [2.45, 2.75) is 25.4 Å². The zero-order chi connectivity index (χ0) is 17.6. The molecule has 1 amide bonds. The Morgan fingerprint density at radius 1 is 1.16 bits per heavy atom. The molecule has 2 aromatic carbocycles. The number of imidazole rings is 1. The van der Waals surface area contributed by atoms with E-state index >= 15 is 0 Å². The Morgan fingerprint density at radius 3 is 2.72 bits per heavy atom. The quantitative estimate of drug-likeness (QED) is 0.666. The number of hydrogen-bond donors (Lipinski definition) is 1. The summed E-state index contributed by atoms with van der Waals surface area (Å²) in [4.78, 5) is 16.7. The summed E-state index contributed by atoms with van der Waals surface area (Å²) in [6.07, 6.45) is 4.58. The smallest absolute Gasteiger partial charge is 0.234 e. The van der Waals surface area contributed by atoms with Gasteiger partial charge in [-0.15, -0.1) is 0 Å². The molecule has 1 N–H and O–H groups in total. The third-order valence-electron chi connectivity index (χ3n) is 3.99. The highest BCUT2D eigenvalue weighted by Crippen LogP contribution is 2.23. The number of anilines is 1. The van der Waals surface area contributed by atoms with Gasteiger partial charge in [-0.25, -0.2) is 4.98 Å². The summed E-state index contributed by atoms with van der Waals surface area (Å²) in [5.74, 6) is 0.297. The van der Waals surface area contributed by atoms with E-state index in [1.165, 1.54) is 17.3 Å². The maximum Gasteiger partial charge on any atom is 0.234 e. The van der Waals surface area contributed by atoms with Crippen LogP contribution in [0.2, 0.25) is 0 Å². The molecule has 3 rings (SSSR count). The molecular weight excluding hydrogens is 330 g/mol. The van der Waals surface area contributed by atoms with Gasteiger partial charge in [0, 0.05) is 18.1 Å². The second-order valence-corrected chi connectivity index (χ2v) is 6.66. The molecule has 0 saturated carbocycles. The van der Waals surface area contributed by atoms with Gasteiger partial charge in [0.05, 0.1) is 11.4 Å². The molecule has 25 heavy (non-hydrogen) atoms. The van der Waals surface area contributed by atoms with E-state index in [0.717, 1.165) is 28.5 Å². The molecule has 0 radical (unpaired) electrons. The highest BCUT2D eigenvalue weighted by atomic mass is 32.2. The Hall–Kier alpha value is -2.53. The number of para-hydroxylation sites is 2. The second kappa shape index (κ2) is 8.03. The Labute approximate surface area is 152 Å². The summed E-state index contributed by atoms with van der Waals surface area (Å²) in [6.45, 7) is 4.15. The number of benzene rings is 2. The lowest BCUT2D eigenvalue weighted by atomic mass is 10.1. The lowest BCUT2D eigenvalue weighted by Crippen LogP contribution is -2.15. The van der Waals surface area contributed by atoms with Crippen LogP contribution >= 0.6 is 11.8 Å². The van der Waals surface area contributed by atoms with Gasteiger partial charge in [0.25, 0.3) is 0 Å². The molecule has 0 fully saturated rings. The van der Waals surface area contributed by atoms with Crippen molar-refractivity contribution < 1.29 is 4.79 Å². The molecule has 0 aliphatic carbocycles. The normalized spacial score (nSPS) is 10.6. The van der Waals surface area contributed by atoms with E-state index in [2.05, 4.69) is 36.3 Å². The molecular formula is C20H21N3OS. The van der Waals surface area contributed by atoms with Gasteiger partial charge in [0.2, 0.25) is 5.91 Å². The van der Waals surface area contributed by atoms with Crippen molar-refractivity contribution in [2.24, 2.45) is 0 Å². The van der Waals surface area contributed by atoms with Gasteiger partial charge in [-0.05, 0) is 36.6 Å². The molecule has 4 nitrogen and oxygen atoms in total. The van der Waals surface area contributed by atoms with Gasteiger partial charge in [0.15, 0.2) is 5.16 Å². The Kier molecular flexibility index (Phi) is 5.56. The van der Waals surface area contributed by atoms with Gasteiger partial charge in [0.1, 0.15) is 0 Å². The summed E-state index contributed by atoms with van der Waals surface area (Å²) >= 11 is 1.44. The zero-order valence-electron chi connectivity index (χ0n) is 14.4. The number of thioether (sulfide) groups is 1. The van der Waals surface area contributed by atoms with Crippen molar-refractivity contribution >= 4 is 23.4 Å². The minimum atomic E-state index is -0.0229. The highest BCUT2D eigenvalue weighted by Gasteiger charge is 2.11. The Bertz CT molecular complexity index is 873. The minimum absolute atomic E-state index is 0.0229. The number of carbonyl (C=O) groups is 1. The first-order valence-electron chi connectivity index (χ1n) is 8.29. The fourth-order valence-electron chi connectivity index (χ4n) is 2.68. The average Bonchev–Trinajstić information content (AvgIpc) is 3.09. The third-order valence-corrected chi connectivity index (χ3v) is 4.95. The number of hydrogen-bond acceptors (Lipinski definition) is 3. The molecule has 5 heteroatoms. The van der Waals surface area contributed by atoms with Crippen LogP contribution in [0.1, 0.15) is 18.1 Å². The minimum Gasteiger partial charge on any atom is -0.325 e. The number of nitrogens with one attached hydrogen (secondary N) is 1. The van der Waals surface area contributed by atoms with Crippen molar-refractivity contribution in [1.29, 1.82) is 0 Å². The molecule has 1 heterocycles. The van der Waals surface area contributed by atoms with E-state index < -0.39 is 0 Å². The topological polar surface area (TPSA) is 46.9 Å². The summed E-state index contributed by atoms with van der Waals surface area (Å²) in [7, 11) is 0. The van der Waals surface area contributed by atoms with Crippen molar-refractivity contribution in [1.82, 2.24) is 9.55 Å². The summed E-state index contributed by atoms with van der Waals surface area (Å²) in [6, 6.07) is 16.0. The number of carbonyl (C=O) groups excluding carboxylic acids is 1. The molecule has 0 saturated heterocycles. The largest absolute Gasteiger partial charge is 0.325 e. The number of aryl methyl sites for hydroxylation is 2. The average molecular weight is 351 g/mol. The van der Waals surface area contributed by atoms with E-state index in [4.69, 9.17) is 0 Å². The van der Waals surface area contributed by atoms with Gasteiger partial charge in [-0.1, -0.05) is 55.1 Å². The molecule has 0 aliphatic heterocycles. The molecule has 0 atom stereocenters. The lowest BCUT2D eigenvalue weighted by molar-refractivity contribution is -0.113. The van der Waals surface area contributed by atoms with E-state index in [9.17, 15) is 4.79 Å². The van der Waals surface area contributed by atoms with Gasteiger partial charge >= 0.3 is 0 Å². The van der Waals surface area contributed by atoms with Crippen LogP contribution in [-0.4, -0.2) is 21.2 Å². The highest BCUT2D eigenvalue weighted by molar-refractivity contribution is 7.99. The van der Waals surface area contributed by atoms with Crippen molar-refractivity contribution in [3.63, 3.8) is 0 Å². The van der Waals surface area contributed by atoms with E-state index in [0.29, 0.717) is 5.75 Å². The maximum absolute atomic E-state index is 12.3. The SMILES string of the molecule is CCc1ccccc1NC(=O)CSc1nccn1-c1ccccc1C. The fraction of sp³-hybridized carbons (Fsp3) is 0.200. The number of aromatic nitrogens is 2. The summed E-state index contributed by atoms with van der Waals surface area (Å²) in [5, 5.41) is 3.81. The van der Waals surface area contributed by atoms with Gasteiger partial charge in [-0.2, -0.15) is 0 Å². The molecule has 0 unspecified atom stereocenters. The molecule has 3 aromatic rings. The monoisotopic (exact) mass is 351 g/mol. The van der Waals surface area contributed by atoms with Crippen LogP contribution in [-0.2, 0) is 11.2 Å². The van der Waals surface area contributed by atoms with Gasteiger partial charge in [-0.3, -0.25) is 9.36 Å². The predicted octanol–water partition coefficient (Wildman–Crippen LogP) is 4.47. The predicted molar refractivity (Wildman–Crippen MR) is 103 cm³/mol. The van der Waals surface area contributed by atoms with Crippen LogP contribution in [0.3, 0.4) is 0 Å². The van der Waals surface area contributed by atoms with Crippen LogP contribution in [0.4, 0.5) is 5.69 Å². The van der Waals surface area contributed by atoms with Crippen molar-refractivity contribution in [3.8, 4) is 5.69 Å². The van der Waals surface area contributed by atoms with Crippen LogP contribution in [0.25, 0.3) is 5.69 Å². The standard InChI is InChI=1S/C20H21N3OS/c1-3-16-9-5-6-10-17(16)22-19(24)14-25-20-21-12-13-23(20)18-11-7-4-8-15(18)2/h4-13H,3,14H2,1-2H3,(H,22,24). The second-order valence-electron chi connectivity index (χ2n) is 5.71. The van der Waals surface area contributed by atoms with Crippen molar-refractivity contribution in [2.75, 3.05) is 11.1 Å². The van der Waals surface area contributed by atoms with E-state index in [-0.39, 0.29) is 5.91 Å². The van der Waals surface area contributed by atoms with Crippen LogP contribution in [0, 0.1) is 6.92 Å². The molecule has 0 bridgehead atoms. The first-order chi connectivity index (χ1) is 12.2. The number of nitrogens with zero attached hydrogens (tertiary/aromatic N) is 2. The molecule has 0 spiro atoms. The molecule has 128 valence electrons. The fourth-order valence-corrected chi connectivity index (χ4v) is 3.45. The maximum atomic E-state index is 12.3. The first-order valence-corrected chi connectivity index (χ1v) is 9.27. The first kappa shape index (κ1) is 17.3. The number of amides is 1. The summed E-state index contributed by atoms with van der Waals surface area (Å²) in [5.41, 5.74) is 4.28. The van der Waals surface area contributed by atoms with E-state index in [1.54, 1.807) is 6.20 Å². The van der Waals surface area contributed by atoms with Crippen LogP contribution in [0.5, 0.6) is 0 Å². The van der Waals surface area contributed by atoms with Crippen molar-refractivity contribution in [3.05, 3.63) is 72.1 Å². The zero-order valence-corrected chi connectivity index (χ0v) is 15.2. The third kappa shape index (κ3) is 4.12. The Balaban J connectivity index is 1.68. The Morgan fingerprint density at radius 2 is 1.92 bits per heavy atom. The van der Waals surface area contributed by atoms with Crippen LogP contribution in [0.15, 0.2) is 66.1 Å². The van der Waals surface area contributed by atoms with Gasteiger partial charge < -0.3 is 5.32 Å². The number of rotatable bonds is 6. The lowest BCUT2D eigenvalue weighted by Gasteiger charge is -2.11.